The molecule has 6 heteroatoms. The zero-order chi connectivity index (χ0) is 12.5. The van der Waals surface area contributed by atoms with E-state index in [9.17, 15) is 22.0 Å². The van der Waals surface area contributed by atoms with Crippen LogP contribution >= 0.6 is 0 Å². The molecule has 0 aliphatic carbocycles. The summed E-state index contributed by atoms with van der Waals surface area (Å²) in [5.74, 6) is -4.58. The lowest BCUT2D eigenvalue weighted by molar-refractivity contribution is -0.299. The molecule has 0 heterocycles. The lowest BCUT2D eigenvalue weighted by atomic mass is 9.93. The molecule has 1 radical (unpaired) electrons. The van der Waals surface area contributed by atoms with Crippen molar-refractivity contribution in [1.29, 1.82) is 0 Å². The molecular formula is C9H16F5Si. The van der Waals surface area contributed by atoms with Crippen LogP contribution in [0.1, 0.15) is 26.7 Å². The number of halogens is 5. The predicted molar refractivity (Wildman–Crippen MR) is 51.8 cm³/mol. The molecule has 0 N–H and O–H groups in total. The van der Waals surface area contributed by atoms with Crippen molar-refractivity contribution in [3.8, 4) is 0 Å². The minimum absolute atomic E-state index is 0.142. The third-order valence-electron chi connectivity index (χ3n) is 3.12. The second kappa shape index (κ2) is 4.39. The molecule has 0 fully saturated rings. The summed E-state index contributed by atoms with van der Waals surface area (Å²) >= 11 is 0. The fourth-order valence-corrected chi connectivity index (χ4v) is 4.17. The monoisotopic (exact) mass is 247 g/mol. The van der Waals surface area contributed by atoms with Gasteiger partial charge >= 0.3 is 12.1 Å². The van der Waals surface area contributed by atoms with Crippen LogP contribution in [0.15, 0.2) is 0 Å². The van der Waals surface area contributed by atoms with Crippen molar-refractivity contribution in [1.82, 2.24) is 0 Å². The van der Waals surface area contributed by atoms with E-state index in [-0.39, 0.29) is 12.8 Å². The summed E-state index contributed by atoms with van der Waals surface area (Å²) in [4.78, 5) is 0. The van der Waals surface area contributed by atoms with Crippen molar-refractivity contribution in [3.05, 3.63) is 0 Å². The highest BCUT2D eigenvalue weighted by molar-refractivity contribution is 6.59. The van der Waals surface area contributed by atoms with E-state index in [0.29, 0.717) is 0 Å². The first-order valence-electron chi connectivity index (χ1n) is 4.82. The summed E-state index contributed by atoms with van der Waals surface area (Å²) in [6.45, 7) is 5.83. The third-order valence-corrected chi connectivity index (χ3v) is 6.06. The van der Waals surface area contributed by atoms with Gasteiger partial charge in [0.2, 0.25) is 0 Å². The minimum Gasteiger partial charge on any atom is -0.196 e. The van der Waals surface area contributed by atoms with Crippen LogP contribution in [0.4, 0.5) is 22.0 Å². The van der Waals surface area contributed by atoms with Crippen LogP contribution in [0.3, 0.4) is 0 Å². The first-order valence-corrected chi connectivity index (χ1v) is 7.32. The molecular weight excluding hydrogens is 231 g/mol. The fourth-order valence-electron chi connectivity index (χ4n) is 1.99. The number of rotatable bonds is 4. The maximum atomic E-state index is 13.4. The molecule has 0 rings (SSSR count). The Hall–Kier alpha value is -0.133. The highest BCUT2D eigenvalue weighted by atomic mass is 28.3. The van der Waals surface area contributed by atoms with Crippen molar-refractivity contribution >= 4 is 8.80 Å². The molecule has 0 aromatic carbocycles. The standard InChI is InChI=1S/C9H16F5Si/c1-5-7(6-2,15(3)4)8(10,11)9(12,13)14/h5-6H2,1-4H3. The van der Waals surface area contributed by atoms with Crippen LogP contribution in [-0.2, 0) is 0 Å². The SMILES string of the molecule is CCC(CC)([Si](C)C)C(F)(F)C(F)(F)F. The zero-order valence-corrected chi connectivity index (χ0v) is 10.3. The lowest BCUT2D eigenvalue weighted by Crippen LogP contribution is -2.52. The molecule has 0 unspecified atom stereocenters. The van der Waals surface area contributed by atoms with Crippen molar-refractivity contribution in [3.63, 3.8) is 0 Å². The maximum Gasteiger partial charge on any atom is 0.453 e. The Labute approximate surface area is 88.5 Å². The van der Waals surface area contributed by atoms with Gasteiger partial charge in [0, 0.05) is 5.04 Å². The molecule has 0 aromatic heterocycles. The Morgan fingerprint density at radius 1 is 0.867 bits per heavy atom. The van der Waals surface area contributed by atoms with E-state index in [1.165, 1.54) is 26.9 Å². The van der Waals surface area contributed by atoms with Crippen molar-refractivity contribution in [2.24, 2.45) is 0 Å². The van der Waals surface area contributed by atoms with Crippen LogP contribution in [0, 0.1) is 0 Å². The molecule has 0 aromatic rings. The second-order valence-electron chi connectivity index (χ2n) is 3.86. The van der Waals surface area contributed by atoms with Crippen LogP contribution in [-0.4, -0.2) is 20.9 Å². The van der Waals surface area contributed by atoms with Gasteiger partial charge in [-0.1, -0.05) is 26.9 Å². The summed E-state index contributed by atoms with van der Waals surface area (Å²) < 4.78 is 63.8. The van der Waals surface area contributed by atoms with Gasteiger partial charge < -0.3 is 0 Å². The fraction of sp³-hybridized carbons (Fsp3) is 1.00. The highest BCUT2D eigenvalue weighted by Crippen LogP contribution is 2.58. The number of hydrogen-bond donors (Lipinski definition) is 0. The molecule has 91 valence electrons. The summed E-state index contributed by atoms with van der Waals surface area (Å²) in [5, 5.41) is -1.89. The van der Waals surface area contributed by atoms with E-state index in [0.717, 1.165) is 0 Å². The molecule has 0 saturated carbocycles. The molecule has 0 bridgehead atoms. The minimum atomic E-state index is -5.44. The molecule has 0 aliphatic rings. The highest BCUT2D eigenvalue weighted by Gasteiger charge is 2.69. The number of hydrogen-bond acceptors (Lipinski definition) is 0. The lowest BCUT2D eigenvalue weighted by Gasteiger charge is -2.42. The second-order valence-corrected chi connectivity index (χ2v) is 6.82. The molecule has 0 atom stereocenters. The van der Waals surface area contributed by atoms with Crippen molar-refractivity contribution in [2.75, 3.05) is 0 Å². The quantitative estimate of drug-likeness (QED) is 0.507. The summed E-state index contributed by atoms with van der Waals surface area (Å²) in [5.41, 5.74) is 0. The summed E-state index contributed by atoms with van der Waals surface area (Å²) in [6, 6.07) is 0. The van der Waals surface area contributed by atoms with E-state index in [1.807, 2.05) is 0 Å². The largest absolute Gasteiger partial charge is 0.453 e. The predicted octanol–water partition coefficient (Wildman–Crippen LogP) is 4.50. The molecule has 0 amide bonds. The van der Waals surface area contributed by atoms with Gasteiger partial charge in [0.1, 0.15) is 0 Å². The van der Waals surface area contributed by atoms with Gasteiger partial charge in [0.15, 0.2) is 0 Å². The first-order chi connectivity index (χ1) is 6.56. The normalized spacial score (nSPS) is 14.8. The molecule has 0 spiro atoms. The average Bonchev–Trinajstić information content (AvgIpc) is 2.04. The summed E-state index contributed by atoms with van der Waals surface area (Å²) in [6.07, 6.45) is -5.73. The van der Waals surface area contributed by atoms with Crippen LogP contribution in [0.5, 0.6) is 0 Å². The Bertz CT molecular complexity index is 205. The van der Waals surface area contributed by atoms with Gasteiger partial charge in [-0.25, -0.2) is 0 Å². The van der Waals surface area contributed by atoms with E-state index in [2.05, 4.69) is 0 Å². The summed E-state index contributed by atoms with van der Waals surface area (Å²) in [7, 11) is -1.74. The Morgan fingerprint density at radius 3 is 1.27 bits per heavy atom. The van der Waals surface area contributed by atoms with Crippen molar-refractivity contribution < 1.29 is 22.0 Å². The van der Waals surface area contributed by atoms with E-state index < -0.39 is 25.9 Å². The Morgan fingerprint density at radius 2 is 1.20 bits per heavy atom. The van der Waals surface area contributed by atoms with E-state index in [4.69, 9.17) is 0 Å². The van der Waals surface area contributed by atoms with Crippen LogP contribution in [0.25, 0.3) is 0 Å². The molecule has 0 saturated heterocycles. The zero-order valence-electron chi connectivity index (χ0n) is 9.30. The average molecular weight is 247 g/mol. The van der Waals surface area contributed by atoms with Gasteiger partial charge in [-0.15, -0.1) is 0 Å². The van der Waals surface area contributed by atoms with Gasteiger partial charge in [0.25, 0.3) is 0 Å². The van der Waals surface area contributed by atoms with E-state index in [1.54, 1.807) is 0 Å². The Kier molecular flexibility index (Phi) is 4.35. The number of alkyl halides is 5. The maximum absolute atomic E-state index is 13.4. The first kappa shape index (κ1) is 14.9. The topological polar surface area (TPSA) is 0 Å². The molecule has 0 nitrogen and oxygen atoms in total. The molecule has 0 aliphatic heterocycles. The third kappa shape index (κ3) is 2.19. The van der Waals surface area contributed by atoms with Gasteiger partial charge in [-0.2, -0.15) is 22.0 Å². The smallest absolute Gasteiger partial charge is 0.196 e. The Balaban J connectivity index is 5.43. The van der Waals surface area contributed by atoms with Gasteiger partial charge in [-0.05, 0) is 12.8 Å². The van der Waals surface area contributed by atoms with E-state index >= 15 is 0 Å². The van der Waals surface area contributed by atoms with Crippen molar-refractivity contribution in [2.45, 2.75) is 56.9 Å². The van der Waals surface area contributed by atoms with Gasteiger partial charge in [-0.3, -0.25) is 0 Å². The molecule has 15 heavy (non-hydrogen) atoms. The van der Waals surface area contributed by atoms with Crippen LogP contribution in [0.2, 0.25) is 18.1 Å². The van der Waals surface area contributed by atoms with Crippen LogP contribution < -0.4 is 0 Å². The van der Waals surface area contributed by atoms with Gasteiger partial charge in [0.05, 0.1) is 8.80 Å².